The second kappa shape index (κ2) is 4.58. The molecule has 0 aromatic carbocycles. The molecule has 2 nitrogen and oxygen atoms in total. The Bertz CT molecular complexity index is 363. The summed E-state index contributed by atoms with van der Waals surface area (Å²) in [5, 5.41) is 18.9. The summed E-state index contributed by atoms with van der Waals surface area (Å²) in [7, 11) is 0. The van der Waals surface area contributed by atoms with Crippen LogP contribution in [0.3, 0.4) is 0 Å². The van der Waals surface area contributed by atoms with Gasteiger partial charge in [-0.15, -0.1) is 0 Å². The molecule has 0 aromatic heterocycles. The molecule has 0 aromatic rings. The largest absolute Gasteiger partial charge is 0.396 e. The minimum absolute atomic E-state index is 0.0785. The molecule has 2 atom stereocenters. The molecule has 0 fully saturated rings. The number of rotatable bonds is 2. The molecule has 0 unspecified atom stereocenters. The van der Waals surface area contributed by atoms with Gasteiger partial charge < -0.3 is 10.2 Å². The average Bonchev–Trinajstić information content (AvgIpc) is 2.52. The fourth-order valence-electron chi connectivity index (χ4n) is 3.38. The lowest BCUT2D eigenvalue weighted by Crippen LogP contribution is -2.16. The topological polar surface area (TPSA) is 40.5 Å². The van der Waals surface area contributed by atoms with Gasteiger partial charge in [0.1, 0.15) is 0 Å². The molecule has 2 aliphatic carbocycles. The molecule has 2 N–H and O–H groups in total. The Morgan fingerprint density at radius 1 is 1.29 bits per heavy atom. The monoisotopic (exact) mass is 236 g/mol. The van der Waals surface area contributed by atoms with Gasteiger partial charge in [-0.3, -0.25) is 0 Å². The molecular formula is C15H24O2. The molecule has 0 radical (unpaired) electrons. The molecule has 96 valence electrons. The first-order valence-electron chi connectivity index (χ1n) is 6.61. The molecule has 2 rings (SSSR count). The lowest BCUT2D eigenvalue weighted by Gasteiger charge is -2.23. The predicted molar refractivity (Wildman–Crippen MR) is 69.6 cm³/mol. The van der Waals surface area contributed by atoms with Crippen LogP contribution >= 0.6 is 0 Å². The Labute approximate surface area is 104 Å². The Balaban J connectivity index is 2.33. The Kier molecular flexibility index (Phi) is 3.46. The van der Waals surface area contributed by atoms with Crippen LogP contribution in [-0.4, -0.2) is 23.4 Å². The van der Waals surface area contributed by atoms with Gasteiger partial charge >= 0.3 is 0 Å². The van der Waals surface area contributed by atoms with Gasteiger partial charge in [0.15, 0.2) is 0 Å². The summed E-state index contributed by atoms with van der Waals surface area (Å²) in [6.45, 7) is 7.11. The van der Waals surface area contributed by atoms with Gasteiger partial charge in [0.25, 0.3) is 0 Å². The zero-order valence-electron chi connectivity index (χ0n) is 11.2. The van der Waals surface area contributed by atoms with E-state index in [1.807, 2.05) is 0 Å². The highest BCUT2D eigenvalue weighted by molar-refractivity contribution is 5.38. The lowest BCUT2D eigenvalue weighted by atomic mass is 9.83. The van der Waals surface area contributed by atoms with Crippen LogP contribution in [0.15, 0.2) is 22.8 Å². The van der Waals surface area contributed by atoms with Gasteiger partial charge in [-0.25, -0.2) is 0 Å². The molecule has 0 saturated heterocycles. The molecule has 0 heterocycles. The van der Waals surface area contributed by atoms with Crippen molar-refractivity contribution in [3.05, 3.63) is 22.8 Å². The Hall–Kier alpha value is -0.600. The minimum atomic E-state index is 0.0785. The van der Waals surface area contributed by atoms with Crippen molar-refractivity contribution in [3.8, 4) is 0 Å². The maximum absolute atomic E-state index is 9.45. The molecule has 0 aliphatic heterocycles. The van der Waals surface area contributed by atoms with Crippen molar-refractivity contribution in [1.29, 1.82) is 0 Å². The van der Waals surface area contributed by atoms with Crippen LogP contribution < -0.4 is 0 Å². The van der Waals surface area contributed by atoms with E-state index in [0.29, 0.717) is 11.3 Å². The lowest BCUT2D eigenvalue weighted by molar-refractivity contribution is 0.211. The minimum Gasteiger partial charge on any atom is -0.396 e. The van der Waals surface area contributed by atoms with Crippen molar-refractivity contribution in [2.45, 2.75) is 40.0 Å². The van der Waals surface area contributed by atoms with Crippen LogP contribution in [0.2, 0.25) is 0 Å². The number of aliphatic hydroxyl groups excluding tert-OH is 2. The molecular weight excluding hydrogens is 212 g/mol. The first-order valence-corrected chi connectivity index (χ1v) is 6.61. The van der Waals surface area contributed by atoms with Crippen molar-refractivity contribution in [2.24, 2.45) is 17.3 Å². The third-order valence-electron chi connectivity index (χ3n) is 4.27. The quantitative estimate of drug-likeness (QED) is 0.774. The van der Waals surface area contributed by atoms with Crippen molar-refractivity contribution in [3.63, 3.8) is 0 Å². The van der Waals surface area contributed by atoms with Gasteiger partial charge in [-0.1, -0.05) is 32.4 Å². The Morgan fingerprint density at radius 2 is 2.00 bits per heavy atom. The van der Waals surface area contributed by atoms with Crippen LogP contribution in [0.25, 0.3) is 0 Å². The van der Waals surface area contributed by atoms with Crippen LogP contribution in [0.4, 0.5) is 0 Å². The standard InChI is InChI=1S/C15H24O2/c1-10-4-12(8-16)13(9-17)5-11-6-15(2,3)7-14(10)11/h5,10,12,16-17H,4,6-9H2,1-3H3/t10-,12+/m1/s1. The van der Waals surface area contributed by atoms with Crippen LogP contribution in [0, 0.1) is 17.3 Å². The number of aliphatic hydroxyl groups is 2. The second-order valence-electron chi connectivity index (χ2n) is 6.46. The first-order chi connectivity index (χ1) is 7.96. The fourth-order valence-corrected chi connectivity index (χ4v) is 3.38. The van der Waals surface area contributed by atoms with Gasteiger partial charge in [0.2, 0.25) is 0 Å². The highest BCUT2D eigenvalue weighted by Crippen LogP contribution is 2.48. The summed E-state index contributed by atoms with van der Waals surface area (Å²) in [5.74, 6) is 0.674. The molecule has 0 amide bonds. The number of hydrogen-bond donors (Lipinski definition) is 2. The van der Waals surface area contributed by atoms with Crippen LogP contribution in [0.5, 0.6) is 0 Å². The summed E-state index contributed by atoms with van der Waals surface area (Å²) in [6, 6.07) is 0. The maximum Gasteiger partial charge on any atom is 0.0648 e. The number of hydrogen-bond acceptors (Lipinski definition) is 2. The molecule has 2 aliphatic rings. The maximum atomic E-state index is 9.45. The van der Waals surface area contributed by atoms with E-state index >= 15 is 0 Å². The normalized spacial score (nSPS) is 32.2. The summed E-state index contributed by atoms with van der Waals surface area (Å²) >= 11 is 0. The van der Waals surface area contributed by atoms with Gasteiger partial charge in [0, 0.05) is 12.5 Å². The molecule has 0 saturated carbocycles. The zero-order chi connectivity index (χ0) is 12.6. The highest BCUT2D eigenvalue weighted by atomic mass is 16.3. The van der Waals surface area contributed by atoms with Gasteiger partial charge in [0.05, 0.1) is 6.61 Å². The smallest absolute Gasteiger partial charge is 0.0648 e. The average molecular weight is 236 g/mol. The van der Waals surface area contributed by atoms with E-state index in [1.54, 1.807) is 5.57 Å². The van der Waals surface area contributed by atoms with E-state index in [2.05, 4.69) is 26.8 Å². The zero-order valence-corrected chi connectivity index (χ0v) is 11.2. The third kappa shape index (κ3) is 2.48. The van der Waals surface area contributed by atoms with E-state index in [-0.39, 0.29) is 19.1 Å². The fraction of sp³-hybridized carbons (Fsp3) is 0.733. The third-order valence-corrected chi connectivity index (χ3v) is 4.27. The first kappa shape index (κ1) is 12.8. The van der Waals surface area contributed by atoms with Crippen molar-refractivity contribution >= 4 is 0 Å². The summed E-state index contributed by atoms with van der Waals surface area (Å²) in [5.41, 5.74) is 4.35. The van der Waals surface area contributed by atoms with E-state index in [9.17, 15) is 10.2 Å². The van der Waals surface area contributed by atoms with Crippen LogP contribution in [-0.2, 0) is 0 Å². The molecule has 2 heteroatoms. The van der Waals surface area contributed by atoms with Gasteiger partial charge in [-0.05, 0) is 41.7 Å². The van der Waals surface area contributed by atoms with E-state index in [0.717, 1.165) is 24.8 Å². The van der Waals surface area contributed by atoms with E-state index in [1.165, 1.54) is 5.57 Å². The van der Waals surface area contributed by atoms with E-state index < -0.39 is 0 Å². The van der Waals surface area contributed by atoms with Crippen molar-refractivity contribution in [1.82, 2.24) is 0 Å². The molecule has 0 spiro atoms. The highest BCUT2D eigenvalue weighted by Gasteiger charge is 2.35. The molecule has 0 bridgehead atoms. The SMILES string of the molecule is C[C@@H]1C[C@@H](CO)C(CO)=CC2=C1CC(C)(C)C2. The van der Waals surface area contributed by atoms with E-state index in [4.69, 9.17) is 0 Å². The summed E-state index contributed by atoms with van der Waals surface area (Å²) < 4.78 is 0. The van der Waals surface area contributed by atoms with Gasteiger partial charge in [-0.2, -0.15) is 0 Å². The van der Waals surface area contributed by atoms with Crippen LogP contribution in [0.1, 0.15) is 40.0 Å². The summed E-state index contributed by atoms with van der Waals surface area (Å²) in [4.78, 5) is 0. The number of allylic oxidation sites excluding steroid dienone is 3. The second-order valence-corrected chi connectivity index (χ2v) is 6.46. The predicted octanol–water partition coefficient (Wildman–Crippen LogP) is 2.67. The Morgan fingerprint density at radius 3 is 2.59 bits per heavy atom. The van der Waals surface area contributed by atoms with Crippen molar-refractivity contribution < 1.29 is 10.2 Å². The summed E-state index contributed by atoms with van der Waals surface area (Å²) in [6.07, 6.45) is 5.40. The van der Waals surface area contributed by atoms with Crippen molar-refractivity contribution in [2.75, 3.05) is 13.2 Å². The molecule has 17 heavy (non-hydrogen) atoms.